The summed E-state index contributed by atoms with van der Waals surface area (Å²) < 4.78 is 0. The van der Waals surface area contributed by atoms with Gasteiger partial charge in [-0.15, -0.1) is 11.3 Å². The molecule has 0 fully saturated rings. The van der Waals surface area contributed by atoms with Crippen LogP contribution in [-0.4, -0.2) is 13.0 Å². The molecule has 0 aliphatic carbocycles. The van der Waals surface area contributed by atoms with Gasteiger partial charge in [-0.1, -0.05) is 13.0 Å². The largest absolute Gasteiger partial charge is 0.377 e. The lowest BCUT2D eigenvalue weighted by molar-refractivity contribution is 0.0963. The lowest BCUT2D eigenvalue weighted by atomic mass is 10.1. The summed E-state index contributed by atoms with van der Waals surface area (Å²) in [5.74, 6) is -0.0585. The van der Waals surface area contributed by atoms with E-state index in [4.69, 9.17) is 0 Å². The quantitative estimate of drug-likeness (QED) is 0.873. The number of rotatable bonds is 5. The molecule has 2 rings (SSSR count). The highest BCUT2D eigenvalue weighted by molar-refractivity contribution is 7.10. The van der Waals surface area contributed by atoms with Crippen LogP contribution in [0.5, 0.6) is 0 Å². The number of benzene rings is 1. The van der Waals surface area contributed by atoms with E-state index in [-0.39, 0.29) is 5.91 Å². The predicted molar refractivity (Wildman–Crippen MR) is 80.8 cm³/mol. The van der Waals surface area contributed by atoms with Crippen LogP contribution in [0.2, 0.25) is 0 Å². The SMILES string of the molecule is CCC(Nc1ccc(C(=O)NC)cc1)c1cccs1. The van der Waals surface area contributed by atoms with Crippen LogP contribution in [0, 0.1) is 0 Å². The molecule has 4 heteroatoms. The Morgan fingerprint density at radius 1 is 1.26 bits per heavy atom. The van der Waals surface area contributed by atoms with E-state index in [1.807, 2.05) is 24.3 Å². The van der Waals surface area contributed by atoms with Crippen LogP contribution in [0.25, 0.3) is 0 Å². The summed E-state index contributed by atoms with van der Waals surface area (Å²) >= 11 is 1.76. The number of hydrogen-bond donors (Lipinski definition) is 2. The van der Waals surface area contributed by atoms with Gasteiger partial charge >= 0.3 is 0 Å². The second kappa shape index (κ2) is 6.38. The third kappa shape index (κ3) is 3.35. The van der Waals surface area contributed by atoms with Crippen molar-refractivity contribution in [3.8, 4) is 0 Å². The molecule has 0 spiro atoms. The Morgan fingerprint density at radius 3 is 2.53 bits per heavy atom. The van der Waals surface area contributed by atoms with Gasteiger partial charge in [0.2, 0.25) is 0 Å². The average Bonchev–Trinajstić information content (AvgIpc) is 2.98. The second-order valence-corrected chi connectivity index (χ2v) is 5.26. The van der Waals surface area contributed by atoms with Crippen molar-refractivity contribution in [1.29, 1.82) is 0 Å². The van der Waals surface area contributed by atoms with Crippen LogP contribution in [0.15, 0.2) is 41.8 Å². The standard InChI is InChI=1S/C15H18N2OS/c1-3-13(14-5-4-10-19-14)17-12-8-6-11(7-9-12)15(18)16-2/h4-10,13,17H,3H2,1-2H3,(H,16,18). The van der Waals surface area contributed by atoms with E-state index >= 15 is 0 Å². The monoisotopic (exact) mass is 274 g/mol. The van der Waals surface area contributed by atoms with Crippen LogP contribution in [0.4, 0.5) is 5.69 Å². The van der Waals surface area contributed by atoms with Gasteiger partial charge in [-0.3, -0.25) is 4.79 Å². The van der Waals surface area contributed by atoms with Crippen LogP contribution in [-0.2, 0) is 0 Å². The fraction of sp³-hybridized carbons (Fsp3) is 0.267. The molecule has 1 aromatic heterocycles. The van der Waals surface area contributed by atoms with Gasteiger partial charge in [-0.25, -0.2) is 0 Å². The first kappa shape index (κ1) is 13.6. The van der Waals surface area contributed by atoms with Gasteiger partial charge in [0.15, 0.2) is 0 Å². The lowest BCUT2D eigenvalue weighted by Gasteiger charge is -2.17. The molecule has 0 bridgehead atoms. The molecular formula is C15H18N2OS. The maximum atomic E-state index is 11.5. The fourth-order valence-electron chi connectivity index (χ4n) is 1.93. The molecule has 3 nitrogen and oxygen atoms in total. The van der Waals surface area contributed by atoms with Gasteiger partial charge in [0, 0.05) is 23.2 Å². The van der Waals surface area contributed by atoms with Gasteiger partial charge in [-0.2, -0.15) is 0 Å². The predicted octanol–water partition coefficient (Wildman–Crippen LogP) is 3.67. The summed E-state index contributed by atoms with van der Waals surface area (Å²) in [6.07, 6.45) is 1.03. The summed E-state index contributed by atoms with van der Waals surface area (Å²) in [5, 5.41) is 8.20. The van der Waals surface area contributed by atoms with Crippen LogP contribution >= 0.6 is 11.3 Å². The number of carbonyl (C=O) groups excluding carboxylic acids is 1. The Labute approximate surface area is 117 Å². The van der Waals surface area contributed by atoms with Gasteiger partial charge in [-0.05, 0) is 42.1 Å². The molecule has 0 saturated carbocycles. The summed E-state index contributed by atoms with van der Waals surface area (Å²) in [6, 6.07) is 12.1. The van der Waals surface area contributed by atoms with Crippen LogP contribution < -0.4 is 10.6 Å². The molecule has 0 radical (unpaired) electrons. The highest BCUT2D eigenvalue weighted by Crippen LogP contribution is 2.26. The van der Waals surface area contributed by atoms with Gasteiger partial charge in [0.05, 0.1) is 6.04 Å². The second-order valence-electron chi connectivity index (χ2n) is 4.28. The average molecular weight is 274 g/mol. The van der Waals surface area contributed by atoms with Crippen LogP contribution in [0.3, 0.4) is 0 Å². The third-order valence-corrected chi connectivity index (χ3v) is 4.00. The molecule has 0 saturated heterocycles. The molecule has 19 heavy (non-hydrogen) atoms. The van der Waals surface area contributed by atoms with Crippen molar-refractivity contribution in [2.75, 3.05) is 12.4 Å². The maximum absolute atomic E-state index is 11.5. The van der Waals surface area contributed by atoms with Crippen molar-refractivity contribution in [3.05, 3.63) is 52.2 Å². The van der Waals surface area contributed by atoms with E-state index in [0.29, 0.717) is 11.6 Å². The highest BCUT2D eigenvalue weighted by Gasteiger charge is 2.10. The Balaban J connectivity index is 2.08. The summed E-state index contributed by atoms with van der Waals surface area (Å²) in [5.41, 5.74) is 1.71. The zero-order valence-corrected chi connectivity index (χ0v) is 12.0. The number of thiophene rings is 1. The molecule has 2 N–H and O–H groups in total. The van der Waals surface area contributed by atoms with Crippen molar-refractivity contribution in [2.24, 2.45) is 0 Å². The Hall–Kier alpha value is -1.81. The number of nitrogens with one attached hydrogen (secondary N) is 2. The Bertz CT molecular complexity index is 520. The minimum Gasteiger partial charge on any atom is -0.377 e. The zero-order valence-electron chi connectivity index (χ0n) is 11.1. The molecule has 1 aromatic carbocycles. The number of carbonyl (C=O) groups is 1. The van der Waals surface area contributed by atoms with E-state index < -0.39 is 0 Å². The van der Waals surface area contributed by atoms with Crippen molar-refractivity contribution in [2.45, 2.75) is 19.4 Å². The van der Waals surface area contributed by atoms with Crippen molar-refractivity contribution in [1.82, 2.24) is 5.32 Å². The van der Waals surface area contributed by atoms with E-state index in [2.05, 4.69) is 35.1 Å². The summed E-state index contributed by atoms with van der Waals surface area (Å²) in [7, 11) is 1.64. The first-order valence-electron chi connectivity index (χ1n) is 6.36. The van der Waals surface area contributed by atoms with E-state index in [1.54, 1.807) is 18.4 Å². The first-order valence-corrected chi connectivity index (χ1v) is 7.24. The van der Waals surface area contributed by atoms with Crippen LogP contribution in [0.1, 0.15) is 34.6 Å². The van der Waals surface area contributed by atoms with Crippen molar-refractivity contribution >= 4 is 22.9 Å². The third-order valence-electron chi connectivity index (χ3n) is 3.01. The van der Waals surface area contributed by atoms with E-state index in [9.17, 15) is 4.79 Å². The topological polar surface area (TPSA) is 41.1 Å². The molecule has 1 amide bonds. The molecule has 2 aromatic rings. The number of amides is 1. The molecule has 0 aliphatic rings. The van der Waals surface area contributed by atoms with E-state index in [0.717, 1.165) is 12.1 Å². The smallest absolute Gasteiger partial charge is 0.251 e. The summed E-state index contributed by atoms with van der Waals surface area (Å²) in [4.78, 5) is 12.8. The Morgan fingerprint density at radius 2 is 2.00 bits per heavy atom. The van der Waals surface area contributed by atoms with Crippen molar-refractivity contribution in [3.63, 3.8) is 0 Å². The van der Waals surface area contributed by atoms with Gasteiger partial charge in [0.25, 0.3) is 5.91 Å². The lowest BCUT2D eigenvalue weighted by Crippen LogP contribution is -2.17. The minimum absolute atomic E-state index is 0.0585. The molecule has 100 valence electrons. The molecule has 0 aliphatic heterocycles. The number of anilines is 1. The highest BCUT2D eigenvalue weighted by atomic mass is 32.1. The molecule has 1 unspecified atom stereocenters. The molecule has 1 atom stereocenters. The Kier molecular flexibility index (Phi) is 4.58. The normalized spacial score (nSPS) is 11.9. The van der Waals surface area contributed by atoms with Crippen molar-refractivity contribution < 1.29 is 4.79 Å². The maximum Gasteiger partial charge on any atom is 0.251 e. The molecular weight excluding hydrogens is 256 g/mol. The fourth-order valence-corrected chi connectivity index (χ4v) is 2.79. The minimum atomic E-state index is -0.0585. The van der Waals surface area contributed by atoms with Gasteiger partial charge in [0.1, 0.15) is 0 Å². The zero-order chi connectivity index (χ0) is 13.7. The number of hydrogen-bond acceptors (Lipinski definition) is 3. The molecule has 1 heterocycles. The van der Waals surface area contributed by atoms with Gasteiger partial charge < -0.3 is 10.6 Å². The first-order chi connectivity index (χ1) is 9.24. The summed E-state index contributed by atoms with van der Waals surface area (Å²) in [6.45, 7) is 2.16. The van der Waals surface area contributed by atoms with E-state index in [1.165, 1.54) is 4.88 Å².